The van der Waals surface area contributed by atoms with E-state index >= 15 is 0 Å². The van der Waals surface area contributed by atoms with Gasteiger partial charge in [0.1, 0.15) is 16.3 Å². The quantitative estimate of drug-likeness (QED) is 0.444. The van der Waals surface area contributed by atoms with E-state index in [1.54, 1.807) is 48.5 Å². The molecular formula is C18H16Cl2O4. The van der Waals surface area contributed by atoms with Crippen molar-refractivity contribution in [2.45, 2.75) is 24.6 Å². The van der Waals surface area contributed by atoms with Gasteiger partial charge >= 0.3 is 11.9 Å². The lowest BCUT2D eigenvalue weighted by molar-refractivity contribution is -0.132. The molecule has 0 aromatic heterocycles. The zero-order valence-corrected chi connectivity index (χ0v) is 14.7. The molecule has 0 atom stereocenters. The van der Waals surface area contributed by atoms with Crippen molar-refractivity contribution in [3.8, 4) is 11.5 Å². The third-order valence-corrected chi connectivity index (χ3v) is 3.76. The predicted molar refractivity (Wildman–Crippen MR) is 92.8 cm³/mol. The van der Waals surface area contributed by atoms with Crippen LogP contribution in [0.15, 0.2) is 48.5 Å². The minimum atomic E-state index is -0.677. The molecule has 0 spiro atoms. The van der Waals surface area contributed by atoms with E-state index in [1.807, 2.05) is 0 Å². The third kappa shape index (κ3) is 4.98. The number of ether oxygens (including phenoxy) is 2. The number of hydrogen-bond donors (Lipinski definition) is 0. The Morgan fingerprint density at radius 2 is 1.08 bits per heavy atom. The topological polar surface area (TPSA) is 52.6 Å². The molecule has 2 rings (SSSR count). The van der Waals surface area contributed by atoms with Crippen LogP contribution in [0, 0.1) is 0 Å². The van der Waals surface area contributed by atoms with Gasteiger partial charge in [-0.25, -0.2) is 0 Å². The molecule has 0 aliphatic rings. The van der Waals surface area contributed by atoms with Crippen molar-refractivity contribution in [3.05, 3.63) is 59.7 Å². The molecule has 126 valence electrons. The average Bonchev–Trinajstić information content (AvgIpc) is 2.49. The van der Waals surface area contributed by atoms with Gasteiger partial charge in [0.2, 0.25) is 0 Å². The highest BCUT2D eigenvalue weighted by Crippen LogP contribution is 2.35. The second-order valence-corrected chi connectivity index (χ2v) is 6.30. The standard InChI is InChI=1S/C18H16Cl2O4/c1-11(21)23-15-7-3-13(4-8-15)17(18(19)20)14-5-9-16(10-6-14)24-12(2)22/h3-10,17-18H,1-2H3. The van der Waals surface area contributed by atoms with Crippen LogP contribution in [0.3, 0.4) is 0 Å². The summed E-state index contributed by atoms with van der Waals surface area (Å²) in [6.45, 7) is 2.68. The third-order valence-electron chi connectivity index (χ3n) is 3.25. The minimum absolute atomic E-state index is 0.272. The molecule has 0 aliphatic heterocycles. The first-order chi connectivity index (χ1) is 11.4. The van der Waals surface area contributed by atoms with Crippen molar-refractivity contribution >= 4 is 35.1 Å². The SMILES string of the molecule is CC(=O)Oc1ccc(C(c2ccc(OC(C)=O)cc2)C(Cl)Cl)cc1. The van der Waals surface area contributed by atoms with E-state index in [0.717, 1.165) is 11.1 Å². The maximum Gasteiger partial charge on any atom is 0.308 e. The highest BCUT2D eigenvalue weighted by atomic mass is 35.5. The second kappa shape index (κ2) is 8.18. The van der Waals surface area contributed by atoms with Gasteiger partial charge in [-0.05, 0) is 35.4 Å². The monoisotopic (exact) mass is 366 g/mol. The lowest BCUT2D eigenvalue weighted by atomic mass is 9.92. The van der Waals surface area contributed by atoms with Crippen LogP contribution in [0.2, 0.25) is 0 Å². The van der Waals surface area contributed by atoms with Gasteiger partial charge in [0.15, 0.2) is 0 Å². The molecule has 0 saturated heterocycles. The molecule has 0 radical (unpaired) electrons. The Bertz CT molecular complexity index is 649. The Balaban J connectivity index is 2.25. The molecule has 0 unspecified atom stereocenters. The summed E-state index contributed by atoms with van der Waals surface area (Å²) in [7, 11) is 0. The van der Waals surface area contributed by atoms with Crippen LogP contribution in [-0.4, -0.2) is 16.8 Å². The number of rotatable bonds is 5. The van der Waals surface area contributed by atoms with Gasteiger partial charge in [-0.1, -0.05) is 24.3 Å². The molecule has 0 aliphatic carbocycles. The fourth-order valence-corrected chi connectivity index (χ4v) is 2.88. The number of hydrogen-bond acceptors (Lipinski definition) is 4. The molecule has 6 heteroatoms. The van der Waals surface area contributed by atoms with Gasteiger partial charge < -0.3 is 9.47 Å². The maximum absolute atomic E-state index is 11.0. The summed E-state index contributed by atoms with van der Waals surface area (Å²) in [5.74, 6) is -0.126. The molecule has 2 aromatic carbocycles. The van der Waals surface area contributed by atoms with Crippen molar-refractivity contribution in [2.75, 3.05) is 0 Å². The number of carbonyl (C=O) groups is 2. The van der Waals surface area contributed by atoms with Gasteiger partial charge in [-0.15, -0.1) is 23.2 Å². The highest BCUT2D eigenvalue weighted by Gasteiger charge is 2.21. The number of alkyl halides is 2. The number of benzene rings is 2. The van der Waals surface area contributed by atoms with Crippen LogP contribution >= 0.6 is 23.2 Å². The van der Waals surface area contributed by atoms with E-state index in [1.165, 1.54) is 13.8 Å². The van der Waals surface area contributed by atoms with Crippen LogP contribution in [0.1, 0.15) is 30.9 Å². The maximum atomic E-state index is 11.0. The first-order valence-corrected chi connectivity index (χ1v) is 8.09. The number of esters is 2. The van der Waals surface area contributed by atoms with Gasteiger partial charge in [0.25, 0.3) is 0 Å². The van der Waals surface area contributed by atoms with Crippen LogP contribution < -0.4 is 9.47 Å². The molecule has 2 aromatic rings. The van der Waals surface area contributed by atoms with Crippen LogP contribution in [0.5, 0.6) is 11.5 Å². The number of halogens is 2. The van der Waals surface area contributed by atoms with Gasteiger partial charge in [0.05, 0.1) is 0 Å². The van der Waals surface area contributed by atoms with Crippen molar-refractivity contribution in [2.24, 2.45) is 0 Å². The van der Waals surface area contributed by atoms with Crippen LogP contribution in [-0.2, 0) is 9.59 Å². The first-order valence-electron chi connectivity index (χ1n) is 7.21. The van der Waals surface area contributed by atoms with Crippen molar-refractivity contribution in [3.63, 3.8) is 0 Å². The van der Waals surface area contributed by atoms with Crippen molar-refractivity contribution in [1.29, 1.82) is 0 Å². The zero-order chi connectivity index (χ0) is 17.7. The normalized spacial score (nSPS) is 10.8. The fourth-order valence-electron chi connectivity index (χ4n) is 2.30. The van der Waals surface area contributed by atoms with E-state index in [-0.39, 0.29) is 17.9 Å². The lowest BCUT2D eigenvalue weighted by Crippen LogP contribution is -2.10. The molecule has 0 N–H and O–H groups in total. The molecule has 24 heavy (non-hydrogen) atoms. The van der Waals surface area contributed by atoms with Gasteiger partial charge in [-0.3, -0.25) is 9.59 Å². The first kappa shape index (κ1) is 18.3. The molecule has 0 fully saturated rings. The molecule has 4 nitrogen and oxygen atoms in total. The lowest BCUT2D eigenvalue weighted by Gasteiger charge is -2.19. The summed E-state index contributed by atoms with van der Waals surface area (Å²) < 4.78 is 10.0. The zero-order valence-electron chi connectivity index (χ0n) is 13.2. The van der Waals surface area contributed by atoms with E-state index in [4.69, 9.17) is 32.7 Å². The minimum Gasteiger partial charge on any atom is -0.427 e. The van der Waals surface area contributed by atoms with Crippen molar-refractivity contribution < 1.29 is 19.1 Å². The Hall–Kier alpha value is -2.04. The molecule has 0 amide bonds. The second-order valence-electron chi connectivity index (χ2n) is 5.14. The smallest absolute Gasteiger partial charge is 0.308 e. The summed E-state index contributed by atoms with van der Waals surface area (Å²) in [6.07, 6.45) is 0. The van der Waals surface area contributed by atoms with E-state index in [0.29, 0.717) is 11.5 Å². The Morgan fingerprint density at radius 3 is 1.33 bits per heavy atom. The van der Waals surface area contributed by atoms with E-state index in [2.05, 4.69) is 0 Å². The Labute approximate surface area is 150 Å². The Morgan fingerprint density at radius 1 is 0.750 bits per heavy atom. The molecular weight excluding hydrogens is 351 g/mol. The highest BCUT2D eigenvalue weighted by molar-refractivity contribution is 6.45. The summed E-state index contributed by atoms with van der Waals surface area (Å²) in [5.41, 5.74) is 1.75. The summed E-state index contributed by atoms with van der Waals surface area (Å²) in [4.78, 5) is 21.3. The number of carbonyl (C=O) groups excluding carboxylic acids is 2. The van der Waals surface area contributed by atoms with Gasteiger partial charge in [0, 0.05) is 19.8 Å². The van der Waals surface area contributed by atoms with E-state index in [9.17, 15) is 9.59 Å². The van der Waals surface area contributed by atoms with Crippen molar-refractivity contribution in [1.82, 2.24) is 0 Å². The molecule has 0 heterocycles. The summed E-state index contributed by atoms with van der Waals surface area (Å²) >= 11 is 12.3. The largest absolute Gasteiger partial charge is 0.427 e. The predicted octanol–water partition coefficient (Wildman–Crippen LogP) is 4.47. The summed E-state index contributed by atoms with van der Waals surface area (Å²) in [5, 5.41) is 0. The van der Waals surface area contributed by atoms with Crippen LogP contribution in [0.25, 0.3) is 0 Å². The van der Waals surface area contributed by atoms with E-state index < -0.39 is 4.84 Å². The summed E-state index contributed by atoms with van der Waals surface area (Å²) in [6, 6.07) is 14.0. The van der Waals surface area contributed by atoms with Gasteiger partial charge in [-0.2, -0.15) is 0 Å². The fraction of sp³-hybridized carbons (Fsp3) is 0.222. The average molecular weight is 367 g/mol. The molecule has 0 saturated carbocycles. The van der Waals surface area contributed by atoms with Crippen LogP contribution in [0.4, 0.5) is 0 Å². The Kier molecular flexibility index (Phi) is 6.23. The molecule has 0 bridgehead atoms.